The van der Waals surface area contributed by atoms with Crippen molar-refractivity contribution in [1.82, 2.24) is 14.5 Å². The van der Waals surface area contributed by atoms with E-state index in [9.17, 15) is 13.2 Å². The zero-order valence-electron chi connectivity index (χ0n) is 14.4. The molecule has 0 radical (unpaired) electrons. The first-order chi connectivity index (χ1) is 12.8. The Morgan fingerprint density at radius 2 is 1.74 bits per heavy atom. The van der Waals surface area contributed by atoms with E-state index in [1.165, 1.54) is 26.2 Å². The van der Waals surface area contributed by atoms with Crippen molar-refractivity contribution in [3.8, 4) is 11.5 Å². The van der Waals surface area contributed by atoms with E-state index >= 15 is 0 Å². The molecule has 0 atom stereocenters. The van der Waals surface area contributed by atoms with E-state index in [0.29, 0.717) is 15.6 Å². The molecule has 10 heteroatoms. The topological polar surface area (TPSA) is 105 Å². The molecule has 3 rings (SSSR count). The number of sulfonamides is 1. The smallest absolute Gasteiger partial charge is 0.322 e. The number of nitrogens with one attached hydrogen (secondary N) is 1. The van der Waals surface area contributed by atoms with Crippen LogP contribution in [0.25, 0.3) is 11.5 Å². The van der Waals surface area contributed by atoms with Gasteiger partial charge in [0.2, 0.25) is 15.9 Å². The summed E-state index contributed by atoms with van der Waals surface area (Å²) in [6.07, 6.45) is 0. The summed E-state index contributed by atoms with van der Waals surface area (Å²) in [7, 11) is -0.597. The van der Waals surface area contributed by atoms with Crippen LogP contribution in [0.3, 0.4) is 0 Å². The number of carbonyl (C=O) groups is 1. The number of hydrogen-bond acceptors (Lipinski definition) is 6. The molecule has 1 heterocycles. The standard InChI is InChI=1S/C17H15BrN4O4S/c1-22(2)27(24,25)12-9-7-11(8-10-12)16-20-21-17(26-16)19-15(23)13-5-3-4-6-14(13)18/h3-10H,1-2H3,(H,19,21,23). The summed E-state index contributed by atoms with van der Waals surface area (Å²) in [4.78, 5) is 12.4. The summed E-state index contributed by atoms with van der Waals surface area (Å²) in [5.41, 5.74) is 0.956. The summed E-state index contributed by atoms with van der Waals surface area (Å²) in [5, 5.41) is 10.2. The molecule has 0 saturated carbocycles. The zero-order chi connectivity index (χ0) is 19.6. The average Bonchev–Trinajstić information content (AvgIpc) is 3.10. The average molecular weight is 451 g/mol. The van der Waals surface area contributed by atoms with E-state index < -0.39 is 15.9 Å². The number of aromatic nitrogens is 2. The monoisotopic (exact) mass is 450 g/mol. The summed E-state index contributed by atoms with van der Waals surface area (Å²) < 4.78 is 31.4. The quantitative estimate of drug-likeness (QED) is 0.640. The molecule has 140 valence electrons. The number of nitrogens with zero attached hydrogens (tertiary/aromatic N) is 3. The second kappa shape index (κ2) is 7.59. The van der Waals surface area contributed by atoms with E-state index in [1.807, 2.05) is 0 Å². The fraction of sp³-hybridized carbons (Fsp3) is 0.118. The molecule has 0 bridgehead atoms. The summed E-state index contributed by atoms with van der Waals surface area (Å²) in [6, 6.07) is 12.9. The Kier molecular flexibility index (Phi) is 5.40. The molecule has 8 nitrogen and oxygen atoms in total. The highest BCUT2D eigenvalue weighted by molar-refractivity contribution is 9.10. The Bertz CT molecular complexity index is 1080. The van der Waals surface area contributed by atoms with E-state index in [0.717, 1.165) is 4.31 Å². The van der Waals surface area contributed by atoms with Crippen molar-refractivity contribution < 1.29 is 17.6 Å². The highest BCUT2D eigenvalue weighted by atomic mass is 79.9. The van der Waals surface area contributed by atoms with Gasteiger partial charge in [0.15, 0.2) is 0 Å². The third kappa shape index (κ3) is 4.07. The lowest BCUT2D eigenvalue weighted by molar-refractivity contribution is 0.102. The third-order valence-corrected chi connectivity index (χ3v) is 6.16. The van der Waals surface area contributed by atoms with Gasteiger partial charge in [0, 0.05) is 24.1 Å². The second-order valence-corrected chi connectivity index (χ2v) is 8.66. The van der Waals surface area contributed by atoms with Gasteiger partial charge in [0.1, 0.15) is 0 Å². The van der Waals surface area contributed by atoms with Crippen LogP contribution >= 0.6 is 15.9 Å². The lowest BCUT2D eigenvalue weighted by Crippen LogP contribution is -2.22. The number of carbonyl (C=O) groups excluding carboxylic acids is 1. The minimum absolute atomic E-state index is 0.0595. The van der Waals surface area contributed by atoms with E-state index in [2.05, 4.69) is 31.4 Å². The molecule has 1 N–H and O–H groups in total. The fourth-order valence-corrected chi connectivity index (χ4v) is 3.55. The van der Waals surface area contributed by atoms with E-state index in [-0.39, 0.29) is 16.8 Å². The lowest BCUT2D eigenvalue weighted by atomic mass is 10.2. The predicted octanol–water partition coefficient (Wildman–Crippen LogP) is 3.00. The van der Waals surface area contributed by atoms with Crippen molar-refractivity contribution in [3.63, 3.8) is 0 Å². The number of rotatable bonds is 5. The third-order valence-electron chi connectivity index (χ3n) is 3.64. The van der Waals surface area contributed by atoms with Crippen molar-refractivity contribution in [2.75, 3.05) is 19.4 Å². The first-order valence-corrected chi connectivity index (χ1v) is 9.94. The molecule has 0 spiro atoms. The Hall–Kier alpha value is -2.56. The lowest BCUT2D eigenvalue weighted by Gasteiger charge is -2.11. The minimum Gasteiger partial charge on any atom is -0.403 e. The number of amides is 1. The van der Waals surface area contributed by atoms with Crippen LogP contribution < -0.4 is 5.32 Å². The molecule has 0 unspecified atom stereocenters. The summed E-state index contributed by atoms with van der Waals surface area (Å²) in [6.45, 7) is 0. The predicted molar refractivity (Wildman–Crippen MR) is 103 cm³/mol. The van der Waals surface area contributed by atoms with Gasteiger partial charge in [0.25, 0.3) is 5.91 Å². The maximum atomic E-state index is 12.3. The number of anilines is 1. The fourth-order valence-electron chi connectivity index (χ4n) is 2.18. The molecular formula is C17H15BrN4O4S. The number of halogens is 1. The zero-order valence-corrected chi connectivity index (χ0v) is 16.8. The molecule has 0 fully saturated rings. The molecule has 0 aliphatic heterocycles. The highest BCUT2D eigenvalue weighted by Gasteiger charge is 2.18. The Balaban J connectivity index is 1.78. The molecule has 1 amide bonds. The van der Waals surface area contributed by atoms with E-state index in [1.54, 1.807) is 36.4 Å². The molecule has 2 aromatic carbocycles. The van der Waals surface area contributed by atoms with Crippen molar-refractivity contribution >= 4 is 37.9 Å². The van der Waals surface area contributed by atoms with Gasteiger partial charge in [-0.1, -0.05) is 17.2 Å². The van der Waals surface area contributed by atoms with Crippen LogP contribution in [0.15, 0.2) is 62.3 Å². The normalized spacial score (nSPS) is 11.6. The van der Waals surface area contributed by atoms with Gasteiger partial charge in [-0.15, -0.1) is 5.10 Å². The van der Waals surface area contributed by atoms with Crippen molar-refractivity contribution in [3.05, 3.63) is 58.6 Å². The van der Waals surface area contributed by atoms with Gasteiger partial charge in [-0.05, 0) is 52.3 Å². The van der Waals surface area contributed by atoms with Gasteiger partial charge in [-0.25, -0.2) is 12.7 Å². The van der Waals surface area contributed by atoms with E-state index in [4.69, 9.17) is 4.42 Å². The largest absolute Gasteiger partial charge is 0.403 e. The maximum Gasteiger partial charge on any atom is 0.322 e. The molecule has 27 heavy (non-hydrogen) atoms. The van der Waals surface area contributed by atoms with Gasteiger partial charge in [-0.2, -0.15) is 0 Å². The molecule has 0 aliphatic rings. The Morgan fingerprint density at radius 1 is 1.07 bits per heavy atom. The SMILES string of the molecule is CN(C)S(=O)(=O)c1ccc(-c2nnc(NC(=O)c3ccccc3Br)o2)cc1. The molecular weight excluding hydrogens is 436 g/mol. The molecule has 1 aromatic heterocycles. The van der Waals surface area contributed by atoms with Gasteiger partial charge >= 0.3 is 6.01 Å². The van der Waals surface area contributed by atoms with Crippen molar-refractivity contribution in [1.29, 1.82) is 0 Å². The maximum absolute atomic E-state index is 12.3. The molecule has 0 saturated heterocycles. The Morgan fingerprint density at radius 3 is 2.37 bits per heavy atom. The first-order valence-electron chi connectivity index (χ1n) is 7.71. The molecule has 0 aliphatic carbocycles. The van der Waals surface area contributed by atoms with Gasteiger partial charge < -0.3 is 4.42 Å². The Labute approximate surface area is 164 Å². The number of benzene rings is 2. The molecule has 3 aromatic rings. The van der Waals surface area contributed by atoms with Crippen LogP contribution in [0, 0.1) is 0 Å². The first kappa shape index (κ1) is 19.2. The van der Waals surface area contributed by atoms with Gasteiger partial charge in [0.05, 0.1) is 10.5 Å². The van der Waals surface area contributed by atoms with Crippen LogP contribution in [0.5, 0.6) is 0 Å². The van der Waals surface area contributed by atoms with Crippen molar-refractivity contribution in [2.45, 2.75) is 4.90 Å². The van der Waals surface area contributed by atoms with Crippen LogP contribution in [-0.2, 0) is 10.0 Å². The number of hydrogen-bond donors (Lipinski definition) is 1. The summed E-state index contributed by atoms with van der Waals surface area (Å²) in [5.74, 6) is -0.240. The highest BCUT2D eigenvalue weighted by Crippen LogP contribution is 2.23. The van der Waals surface area contributed by atoms with Crippen LogP contribution in [0.2, 0.25) is 0 Å². The van der Waals surface area contributed by atoms with Crippen molar-refractivity contribution in [2.24, 2.45) is 0 Å². The van der Waals surface area contributed by atoms with Crippen LogP contribution in [0.1, 0.15) is 10.4 Å². The minimum atomic E-state index is -3.52. The van der Waals surface area contributed by atoms with Gasteiger partial charge in [-0.3, -0.25) is 10.1 Å². The van der Waals surface area contributed by atoms with Crippen LogP contribution in [-0.4, -0.2) is 42.9 Å². The summed E-state index contributed by atoms with van der Waals surface area (Å²) >= 11 is 3.30. The second-order valence-electron chi connectivity index (χ2n) is 5.66. The van der Waals surface area contributed by atoms with Crippen LogP contribution in [0.4, 0.5) is 6.01 Å².